The summed E-state index contributed by atoms with van der Waals surface area (Å²) in [7, 11) is 4.75. The Hall–Kier alpha value is -2.77. The second kappa shape index (κ2) is 10.5. The molecule has 0 aliphatic heterocycles. The number of benzene rings is 1. The Kier molecular flexibility index (Phi) is 8.76. The van der Waals surface area contributed by atoms with E-state index in [0.717, 1.165) is 16.7 Å². The molecule has 0 atom stereocenters. The Balaban J connectivity index is 0.00000196. The molecule has 0 spiro atoms. The number of aromatic nitrogens is 1. The summed E-state index contributed by atoms with van der Waals surface area (Å²) in [5.41, 5.74) is 3.42. The van der Waals surface area contributed by atoms with Crippen molar-refractivity contribution in [1.82, 2.24) is 0 Å². The van der Waals surface area contributed by atoms with Crippen LogP contribution in [0.15, 0.2) is 36.2 Å². The molecule has 0 amide bonds. The fourth-order valence-electron chi connectivity index (χ4n) is 3.06. The molecule has 152 valence electrons. The van der Waals surface area contributed by atoms with E-state index in [4.69, 9.17) is 18.9 Å². The summed E-state index contributed by atoms with van der Waals surface area (Å²) in [6.07, 6.45) is 6.70. The molecule has 3 N–H and O–H groups in total. The zero-order valence-electron chi connectivity index (χ0n) is 16.0. The van der Waals surface area contributed by atoms with Crippen LogP contribution in [0, 0.1) is 0 Å². The number of carbonyl (C=O) groups is 1. The van der Waals surface area contributed by atoms with Crippen LogP contribution >= 0.6 is 0 Å². The Morgan fingerprint density at radius 2 is 1.86 bits per heavy atom. The minimum absolute atomic E-state index is 0. The van der Waals surface area contributed by atoms with Gasteiger partial charge in [0.05, 0.1) is 26.9 Å². The van der Waals surface area contributed by atoms with Crippen LogP contribution in [0.3, 0.4) is 0 Å². The van der Waals surface area contributed by atoms with Gasteiger partial charge in [-0.1, -0.05) is 0 Å². The maximum absolute atomic E-state index is 12.4. The van der Waals surface area contributed by atoms with E-state index in [1.807, 2.05) is 24.3 Å². The summed E-state index contributed by atoms with van der Waals surface area (Å²) >= 11 is 0. The fourth-order valence-corrected chi connectivity index (χ4v) is 3.06. The predicted octanol–water partition coefficient (Wildman–Crippen LogP) is -1.22. The van der Waals surface area contributed by atoms with Crippen LogP contribution in [0.5, 0.6) is 17.2 Å². The molecule has 0 radical (unpaired) electrons. The number of carbonyl (C=O) groups excluding carboxylic acids is 1. The van der Waals surface area contributed by atoms with E-state index in [9.17, 15) is 4.79 Å². The number of methoxy groups -OCH3 is 3. The lowest BCUT2D eigenvalue weighted by molar-refractivity contribution is -0.379. The zero-order valence-corrected chi connectivity index (χ0v) is 16.8. The molecule has 0 bridgehead atoms. The maximum atomic E-state index is 12.4. The minimum Gasteiger partial charge on any atom is -1.00 e. The Morgan fingerprint density at radius 3 is 2.46 bits per heavy atom. The number of nitrogens with one attached hydrogen (secondary N) is 1. The number of ether oxygens (including phenoxy) is 4. The van der Waals surface area contributed by atoms with Crippen LogP contribution in [0.25, 0.3) is 6.08 Å². The van der Waals surface area contributed by atoms with Crippen LogP contribution in [-0.2, 0) is 22.6 Å². The van der Waals surface area contributed by atoms with E-state index in [0.29, 0.717) is 35.7 Å². The molecule has 1 aromatic heterocycles. The number of halogens is 1. The topological polar surface area (TPSA) is 99.6 Å². The van der Waals surface area contributed by atoms with E-state index in [1.165, 1.54) is 0 Å². The molecule has 3 rings (SSSR count). The van der Waals surface area contributed by atoms with Gasteiger partial charge in [-0.15, -0.1) is 0 Å². The van der Waals surface area contributed by atoms with Gasteiger partial charge in [0, 0.05) is 17.2 Å². The number of aromatic amines is 1. The first kappa shape index (κ1) is 23.3. The molecule has 7 nitrogen and oxygen atoms in total. The number of hydrogen-bond donors (Lipinski definition) is 0. The first-order valence-electron chi connectivity index (χ1n) is 8.32. The summed E-state index contributed by atoms with van der Waals surface area (Å²) in [6.45, 7) is 0.232. The van der Waals surface area contributed by atoms with Gasteiger partial charge in [0.25, 0.3) is 0 Å². The van der Waals surface area contributed by atoms with E-state index < -0.39 is 0 Å². The van der Waals surface area contributed by atoms with Gasteiger partial charge in [0.2, 0.25) is 5.75 Å². The Morgan fingerprint density at radius 1 is 1.11 bits per heavy atom. The molecule has 2 aromatic rings. The van der Waals surface area contributed by atoms with Crippen molar-refractivity contribution in [3.8, 4) is 17.2 Å². The monoisotopic (exact) mass is 409 g/mol. The third-order valence-corrected chi connectivity index (χ3v) is 4.34. The van der Waals surface area contributed by atoms with Gasteiger partial charge < -0.3 is 36.8 Å². The van der Waals surface area contributed by atoms with Gasteiger partial charge in [0.15, 0.2) is 23.9 Å². The molecule has 28 heavy (non-hydrogen) atoms. The Labute approximate surface area is 170 Å². The molecule has 1 aliphatic carbocycles. The summed E-state index contributed by atoms with van der Waals surface area (Å²) in [5.74, 6) is 1.46. The fraction of sp³-hybridized carbons (Fsp3) is 0.300. The number of rotatable bonds is 6. The first-order valence-corrected chi connectivity index (χ1v) is 8.32. The van der Waals surface area contributed by atoms with Gasteiger partial charge in [0.1, 0.15) is 6.61 Å². The smallest absolute Gasteiger partial charge is 0.334 e. The highest BCUT2D eigenvalue weighted by atomic mass is 35.5. The number of pyridine rings is 1. The van der Waals surface area contributed by atoms with Crippen molar-refractivity contribution >= 4 is 12.0 Å². The minimum atomic E-state index is -0.312. The summed E-state index contributed by atoms with van der Waals surface area (Å²) in [5, 5.41) is 0. The van der Waals surface area contributed by atoms with E-state index in [2.05, 4.69) is 4.98 Å². The normalized spacial score (nSPS) is 11.8. The Bertz CT molecular complexity index is 838. The molecule has 1 heterocycles. The van der Waals surface area contributed by atoms with Gasteiger partial charge in [-0.05, 0) is 36.6 Å². The predicted molar refractivity (Wildman–Crippen MR) is 98.8 cm³/mol. The number of hydrogen-bond acceptors (Lipinski definition) is 5. The van der Waals surface area contributed by atoms with Crippen LogP contribution in [0.2, 0.25) is 0 Å². The second-order valence-corrected chi connectivity index (χ2v) is 5.87. The maximum Gasteiger partial charge on any atom is 0.334 e. The van der Waals surface area contributed by atoms with Crippen molar-refractivity contribution in [2.45, 2.75) is 19.4 Å². The van der Waals surface area contributed by atoms with Crippen LogP contribution in [0.1, 0.15) is 23.1 Å². The van der Waals surface area contributed by atoms with Crippen molar-refractivity contribution in [3.05, 3.63) is 52.9 Å². The molecule has 0 fully saturated rings. The second-order valence-electron chi connectivity index (χ2n) is 5.87. The van der Waals surface area contributed by atoms with E-state index >= 15 is 0 Å². The number of esters is 1. The highest BCUT2D eigenvalue weighted by Crippen LogP contribution is 2.44. The lowest BCUT2D eigenvalue weighted by atomic mass is 9.90. The van der Waals surface area contributed by atoms with Crippen LogP contribution < -0.4 is 31.6 Å². The lowest BCUT2D eigenvalue weighted by Crippen LogP contribution is -3.00. The average molecular weight is 410 g/mol. The van der Waals surface area contributed by atoms with Gasteiger partial charge >= 0.3 is 5.97 Å². The molecule has 0 saturated carbocycles. The number of fused-ring (bicyclic) bond motifs is 1. The third-order valence-electron chi connectivity index (χ3n) is 4.34. The number of H-pyrrole nitrogens is 1. The first-order chi connectivity index (χ1) is 12.7. The molecular weight excluding hydrogens is 386 g/mol. The highest BCUT2D eigenvalue weighted by molar-refractivity contribution is 5.95. The van der Waals surface area contributed by atoms with Crippen molar-refractivity contribution in [2.24, 2.45) is 0 Å². The molecule has 1 aliphatic rings. The van der Waals surface area contributed by atoms with Crippen molar-refractivity contribution in [2.75, 3.05) is 21.3 Å². The van der Waals surface area contributed by atoms with Gasteiger partial charge in [-0.25, -0.2) is 9.78 Å². The third kappa shape index (κ3) is 4.74. The quantitative estimate of drug-likeness (QED) is 0.557. The largest absolute Gasteiger partial charge is 1.00 e. The molecular formula is C20H24ClNO6. The molecule has 0 unspecified atom stereocenters. The van der Waals surface area contributed by atoms with Crippen molar-refractivity contribution in [1.29, 1.82) is 0 Å². The molecule has 1 aromatic carbocycles. The van der Waals surface area contributed by atoms with Crippen molar-refractivity contribution < 1.29 is 46.6 Å². The van der Waals surface area contributed by atoms with E-state index in [-0.39, 0.29) is 30.5 Å². The van der Waals surface area contributed by atoms with Gasteiger partial charge in [-0.2, -0.15) is 0 Å². The summed E-state index contributed by atoms with van der Waals surface area (Å²) in [4.78, 5) is 15.4. The van der Waals surface area contributed by atoms with Crippen LogP contribution in [0.4, 0.5) is 0 Å². The molecule has 0 saturated heterocycles. The summed E-state index contributed by atoms with van der Waals surface area (Å²) in [6, 6.07) is 5.62. The summed E-state index contributed by atoms with van der Waals surface area (Å²) < 4.78 is 21.8. The lowest BCUT2D eigenvalue weighted by Gasteiger charge is -2.22. The van der Waals surface area contributed by atoms with E-state index in [1.54, 1.807) is 33.7 Å². The average Bonchev–Trinajstić information content (AvgIpc) is 2.70. The zero-order chi connectivity index (χ0) is 18.5. The van der Waals surface area contributed by atoms with Gasteiger partial charge in [-0.3, -0.25) is 0 Å². The van der Waals surface area contributed by atoms with Crippen molar-refractivity contribution in [3.63, 3.8) is 0 Å². The van der Waals surface area contributed by atoms with Crippen LogP contribution in [-0.4, -0.2) is 32.8 Å². The highest BCUT2D eigenvalue weighted by Gasteiger charge is 2.25. The standard InChI is InChI=1S/C20H21NO5.ClH.H2O/c1-23-17-10-15-9-14(6-7-16(15)18(24-2)19(17)25-3)20(22)26-12-13-5-4-8-21-11-13;;/h4-5,8-11H,6-7,12H2,1-3H3;1H;1H2. The molecule has 8 heteroatoms. The SMILES string of the molecule is COc1cc2c(c(OC)c1OC)CCC(C(=O)OCc1ccc[nH+]c1)=C2.O.[Cl-].